The Kier molecular flexibility index (Phi) is 9.59. The molecule has 1 aromatic carbocycles. The third-order valence-electron chi connectivity index (χ3n) is 5.06. The van der Waals surface area contributed by atoms with Gasteiger partial charge in [0.2, 0.25) is 17.7 Å². The van der Waals surface area contributed by atoms with Crippen molar-refractivity contribution in [2.24, 2.45) is 5.92 Å². The van der Waals surface area contributed by atoms with Gasteiger partial charge in [-0.25, -0.2) is 0 Å². The van der Waals surface area contributed by atoms with Crippen LogP contribution in [0.2, 0.25) is 0 Å². The molecule has 4 N–H and O–H groups in total. The highest BCUT2D eigenvalue weighted by Gasteiger charge is 2.25. The summed E-state index contributed by atoms with van der Waals surface area (Å²) in [6, 6.07) is 9.45. The molecule has 2 unspecified atom stereocenters. The predicted octanol–water partition coefficient (Wildman–Crippen LogP) is 0.491. The van der Waals surface area contributed by atoms with Crippen molar-refractivity contribution in [3.8, 4) is 0 Å². The van der Waals surface area contributed by atoms with Crippen molar-refractivity contribution >= 4 is 17.7 Å². The van der Waals surface area contributed by atoms with Crippen molar-refractivity contribution in [2.75, 3.05) is 20.2 Å². The van der Waals surface area contributed by atoms with E-state index in [1.54, 1.807) is 0 Å². The molecule has 0 aromatic heterocycles. The number of benzene rings is 1. The van der Waals surface area contributed by atoms with Gasteiger partial charge in [0.25, 0.3) is 0 Å². The lowest BCUT2D eigenvalue weighted by Crippen LogP contribution is -2.44. The minimum atomic E-state index is -0.914. The van der Waals surface area contributed by atoms with Crippen LogP contribution in [0.4, 0.5) is 0 Å². The Hall–Kier alpha value is -2.45. The number of carbonyl (C=O) groups is 3. The van der Waals surface area contributed by atoms with Crippen molar-refractivity contribution in [1.82, 2.24) is 16.0 Å². The summed E-state index contributed by atoms with van der Waals surface area (Å²) in [4.78, 5) is 36.1. The average molecular weight is 405 g/mol. The summed E-state index contributed by atoms with van der Waals surface area (Å²) in [6.07, 6.45) is 2.10. The maximum atomic E-state index is 12.2. The lowest BCUT2D eigenvalue weighted by Gasteiger charge is -2.19. The number of methoxy groups -OCH3 is 1. The molecule has 2 rings (SSSR count). The summed E-state index contributed by atoms with van der Waals surface area (Å²) in [5.74, 6) is -0.821. The Bertz CT molecular complexity index is 662. The number of amides is 3. The van der Waals surface area contributed by atoms with Gasteiger partial charge in [-0.1, -0.05) is 43.2 Å². The normalized spacial score (nSPS) is 16.1. The molecular formula is C21H31N3O5. The Balaban J connectivity index is 1.66. The van der Waals surface area contributed by atoms with Crippen LogP contribution in [0, 0.1) is 5.92 Å². The number of nitrogens with one attached hydrogen (secondary N) is 3. The summed E-state index contributed by atoms with van der Waals surface area (Å²) in [5, 5.41) is 18.1. The molecule has 2 atom stereocenters. The van der Waals surface area contributed by atoms with E-state index in [-0.39, 0.29) is 37.2 Å². The van der Waals surface area contributed by atoms with E-state index in [1.807, 2.05) is 30.3 Å². The third kappa shape index (κ3) is 8.21. The molecule has 1 aliphatic rings. The van der Waals surface area contributed by atoms with Crippen LogP contribution in [0.5, 0.6) is 0 Å². The summed E-state index contributed by atoms with van der Waals surface area (Å²) in [7, 11) is 1.36. The van der Waals surface area contributed by atoms with Gasteiger partial charge in [0, 0.05) is 32.5 Å². The fraction of sp³-hybridized carbons (Fsp3) is 0.571. The number of ether oxygens (including phenoxy) is 1. The van der Waals surface area contributed by atoms with Gasteiger partial charge in [-0.05, 0) is 18.4 Å². The molecule has 0 radical (unpaired) electrons. The average Bonchev–Trinajstić information content (AvgIpc) is 3.28. The van der Waals surface area contributed by atoms with E-state index in [4.69, 9.17) is 4.74 Å². The molecular weight excluding hydrogens is 374 g/mol. The van der Waals surface area contributed by atoms with Crippen LogP contribution < -0.4 is 16.0 Å². The smallest absolute Gasteiger partial charge is 0.249 e. The second-order valence-corrected chi connectivity index (χ2v) is 7.32. The van der Waals surface area contributed by atoms with Crippen molar-refractivity contribution in [3.05, 3.63) is 35.9 Å². The number of hydrogen-bond acceptors (Lipinski definition) is 5. The molecule has 0 aliphatic heterocycles. The Morgan fingerprint density at radius 3 is 2.45 bits per heavy atom. The molecule has 1 saturated carbocycles. The van der Waals surface area contributed by atoms with Gasteiger partial charge in [0.15, 0.2) is 0 Å². The molecule has 29 heavy (non-hydrogen) atoms. The van der Waals surface area contributed by atoms with Gasteiger partial charge in [-0.2, -0.15) is 0 Å². The van der Waals surface area contributed by atoms with Gasteiger partial charge < -0.3 is 25.8 Å². The topological polar surface area (TPSA) is 117 Å². The Morgan fingerprint density at radius 2 is 1.79 bits per heavy atom. The largest absolute Gasteiger partial charge is 0.391 e. The van der Waals surface area contributed by atoms with E-state index < -0.39 is 18.1 Å². The molecule has 160 valence electrons. The molecule has 1 fully saturated rings. The zero-order valence-electron chi connectivity index (χ0n) is 16.9. The van der Waals surface area contributed by atoms with E-state index in [1.165, 1.54) is 7.11 Å². The standard InChI is InChI=1S/C21H31N3O5/c1-29-18(11-17(25)13-23-20(27)16-9-5-6-10-16)21(28)24-14-19(26)22-12-15-7-3-2-4-8-15/h2-4,7-8,16-18,25H,5-6,9-14H2,1H3,(H,22,26)(H,23,27)(H,24,28). The maximum absolute atomic E-state index is 12.2. The van der Waals surface area contributed by atoms with E-state index in [2.05, 4.69) is 16.0 Å². The highest BCUT2D eigenvalue weighted by atomic mass is 16.5. The first-order valence-electron chi connectivity index (χ1n) is 10.1. The zero-order chi connectivity index (χ0) is 21.1. The van der Waals surface area contributed by atoms with Crippen LogP contribution in [0.25, 0.3) is 0 Å². The van der Waals surface area contributed by atoms with Crippen molar-refractivity contribution in [3.63, 3.8) is 0 Å². The zero-order valence-corrected chi connectivity index (χ0v) is 16.9. The van der Waals surface area contributed by atoms with Gasteiger partial charge in [-0.15, -0.1) is 0 Å². The second kappa shape index (κ2) is 12.2. The first-order chi connectivity index (χ1) is 14.0. The Morgan fingerprint density at radius 1 is 1.10 bits per heavy atom. The van der Waals surface area contributed by atoms with Crippen molar-refractivity contribution < 1.29 is 24.2 Å². The van der Waals surface area contributed by atoms with Crippen molar-refractivity contribution in [1.29, 1.82) is 0 Å². The lowest BCUT2D eigenvalue weighted by molar-refractivity contribution is -0.134. The van der Waals surface area contributed by atoms with E-state index in [0.717, 1.165) is 31.2 Å². The summed E-state index contributed by atoms with van der Waals surface area (Å²) in [5.41, 5.74) is 0.963. The molecule has 0 bridgehead atoms. The highest BCUT2D eigenvalue weighted by molar-refractivity contribution is 5.86. The van der Waals surface area contributed by atoms with Crippen LogP contribution in [0.3, 0.4) is 0 Å². The molecule has 3 amide bonds. The number of aliphatic hydroxyl groups is 1. The first-order valence-corrected chi connectivity index (χ1v) is 10.1. The predicted molar refractivity (Wildman–Crippen MR) is 108 cm³/mol. The monoisotopic (exact) mass is 405 g/mol. The molecule has 8 nitrogen and oxygen atoms in total. The second-order valence-electron chi connectivity index (χ2n) is 7.32. The molecule has 1 aliphatic carbocycles. The van der Waals surface area contributed by atoms with Gasteiger partial charge in [0.05, 0.1) is 12.6 Å². The number of carbonyl (C=O) groups excluding carboxylic acids is 3. The van der Waals surface area contributed by atoms with E-state index in [0.29, 0.717) is 6.54 Å². The van der Waals surface area contributed by atoms with Gasteiger partial charge in [-0.3, -0.25) is 14.4 Å². The highest BCUT2D eigenvalue weighted by Crippen LogP contribution is 2.24. The van der Waals surface area contributed by atoms with E-state index >= 15 is 0 Å². The summed E-state index contributed by atoms with van der Waals surface area (Å²) >= 11 is 0. The number of rotatable bonds is 11. The van der Waals surface area contributed by atoms with Gasteiger partial charge in [0.1, 0.15) is 6.10 Å². The quantitative estimate of drug-likeness (QED) is 0.428. The van der Waals surface area contributed by atoms with Crippen LogP contribution in [-0.2, 0) is 25.7 Å². The SMILES string of the molecule is COC(CC(O)CNC(=O)C1CCCC1)C(=O)NCC(=O)NCc1ccccc1. The Labute approximate surface area is 171 Å². The minimum absolute atomic E-state index is 0.0260. The first kappa shape index (κ1) is 22.8. The summed E-state index contributed by atoms with van der Waals surface area (Å²) in [6.45, 7) is 0.267. The minimum Gasteiger partial charge on any atom is -0.391 e. The fourth-order valence-corrected chi connectivity index (χ4v) is 3.33. The van der Waals surface area contributed by atoms with Crippen LogP contribution >= 0.6 is 0 Å². The van der Waals surface area contributed by atoms with Crippen LogP contribution in [-0.4, -0.2) is 55.2 Å². The number of hydrogen-bond donors (Lipinski definition) is 4. The maximum Gasteiger partial charge on any atom is 0.249 e. The molecule has 0 spiro atoms. The van der Waals surface area contributed by atoms with Crippen LogP contribution in [0.1, 0.15) is 37.7 Å². The lowest BCUT2D eigenvalue weighted by atomic mass is 10.1. The summed E-state index contributed by atoms with van der Waals surface area (Å²) < 4.78 is 5.13. The fourth-order valence-electron chi connectivity index (χ4n) is 3.33. The molecule has 1 aromatic rings. The van der Waals surface area contributed by atoms with Gasteiger partial charge >= 0.3 is 0 Å². The van der Waals surface area contributed by atoms with E-state index in [9.17, 15) is 19.5 Å². The third-order valence-corrected chi connectivity index (χ3v) is 5.06. The molecule has 0 heterocycles. The number of aliphatic hydroxyl groups excluding tert-OH is 1. The van der Waals surface area contributed by atoms with Crippen molar-refractivity contribution in [2.45, 2.75) is 50.9 Å². The molecule has 0 saturated heterocycles. The van der Waals surface area contributed by atoms with Crippen LogP contribution in [0.15, 0.2) is 30.3 Å². The molecule has 8 heteroatoms.